The Labute approximate surface area is 127 Å². The molecule has 0 saturated heterocycles. The molecule has 0 spiro atoms. The van der Waals surface area contributed by atoms with Crippen molar-refractivity contribution in [2.75, 3.05) is 0 Å². The standard InChI is InChI=1S/C12H7BrCl2N2O2/c13-8-3-1-2-7(4-8)6-19-12(18)9-5-10(14)16-17-11(9)15/h1-5H,6H2. The summed E-state index contributed by atoms with van der Waals surface area (Å²) in [7, 11) is 0. The predicted molar refractivity (Wildman–Crippen MR) is 75.3 cm³/mol. The lowest BCUT2D eigenvalue weighted by Crippen LogP contribution is -2.07. The Morgan fingerprint density at radius 3 is 2.79 bits per heavy atom. The fourth-order valence-electron chi connectivity index (χ4n) is 1.35. The maximum Gasteiger partial charge on any atom is 0.341 e. The summed E-state index contributed by atoms with van der Waals surface area (Å²) in [6.07, 6.45) is 0. The van der Waals surface area contributed by atoms with Crippen LogP contribution in [0.2, 0.25) is 10.3 Å². The van der Waals surface area contributed by atoms with E-state index in [0.717, 1.165) is 10.0 Å². The first-order chi connectivity index (χ1) is 9.06. The van der Waals surface area contributed by atoms with Crippen molar-refractivity contribution in [1.82, 2.24) is 10.2 Å². The number of aromatic nitrogens is 2. The van der Waals surface area contributed by atoms with Gasteiger partial charge in [-0.3, -0.25) is 0 Å². The molecule has 7 heteroatoms. The van der Waals surface area contributed by atoms with Crippen LogP contribution in [-0.2, 0) is 11.3 Å². The number of nitrogens with zero attached hydrogens (tertiary/aromatic N) is 2. The highest BCUT2D eigenvalue weighted by molar-refractivity contribution is 9.10. The Bertz CT molecular complexity index is 622. The smallest absolute Gasteiger partial charge is 0.341 e. The number of carbonyl (C=O) groups excluding carboxylic acids is 1. The minimum Gasteiger partial charge on any atom is -0.457 e. The number of hydrogen-bond donors (Lipinski definition) is 0. The van der Waals surface area contributed by atoms with E-state index in [4.69, 9.17) is 27.9 Å². The molecule has 4 nitrogen and oxygen atoms in total. The van der Waals surface area contributed by atoms with Crippen LogP contribution in [0.1, 0.15) is 15.9 Å². The molecule has 1 aromatic heterocycles. The van der Waals surface area contributed by atoms with Crippen molar-refractivity contribution in [3.8, 4) is 0 Å². The molecule has 0 N–H and O–H groups in total. The number of rotatable bonds is 3. The topological polar surface area (TPSA) is 52.1 Å². The molecule has 0 radical (unpaired) electrons. The molecule has 19 heavy (non-hydrogen) atoms. The highest BCUT2D eigenvalue weighted by Gasteiger charge is 2.14. The summed E-state index contributed by atoms with van der Waals surface area (Å²) in [6, 6.07) is 8.75. The fraction of sp³-hybridized carbons (Fsp3) is 0.0833. The van der Waals surface area contributed by atoms with E-state index in [9.17, 15) is 4.79 Å². The second kappa shape index (κ2) is 6.32. The summed E-state index contributed by atoms with van der Waals surface area (Å²) in [5.41, 5.74) is 0.948. The normalized spacial score (nSPS) is 10.3. The van der Waals surface area contributed by atoms with E-state index in [0.29, 0.717) is 0 Å². The lowest BCUT2D eigenvalue weighted by Gasteiger charge is -2.06. The highest BCUT2D eigenvalue weighted by Crippen LogP contribution is 2.18. The van der Waals surface area contributed by atoms with Crippen LogP contribution in [0.5, 0.6) is 0 Å². The van der Waals surface area contributed by atoms with Crippen molar-refractivity contribution in [1.29, 1.82) is 0 Å². The molecule has 0 saturated carbocycles. The minimum absolute atomic E-state index is 0.0383. The first-order valence-electron chi connectivity index (χ1n) is 5.16. The van der Waals surface area contributed by atoms with Gasteiger partial charge in [-0.05, 0) is 23.8 Å². The average Bonchev–Trinajstić information content (AvgIpc) is 2.39. The van der Waals surface area contributed by atoms with E-state index in [1.54, 1.807) is 0 Å². The Morgan fingerprint density at radius 1 is 1.26 bits per heavy atom. The van der Waals surface area contributed by atoms with E-state index in [-0.39, 0.29) is 22.5 Å². The van der Waals surface area contributed by atoms with Gasteiger partial charge < -0.3 is 4.74 Å². The zero-order chi connectivity index (χ0) is 13.8. The van der Waals surface area contributed by atoms with Crippen LogP contribution in [0.25, 0.3) is 0 Å². The summed E-state index contributed by atoms with van der Waals surface area (Å²) >= 11 is 14.7. The maximum absolute atomic E-state index is 11.8. The Kier molecular flexibility index (Phi) is 4.74. The van der Waals surface area contributed by atoms with Crippen LogP contribution in [-0.4, -0.2) is 16.2 Å². The molecule has 1 heterocycles. The minimum atomic E-state index is -0.596. The molecule has 1 aromatic carbocycles. The maximum atomic E-state index is 11.8. The second-order valence-corrected chi connectivity index (χ2v) is 5.24. The number of esters is 1. The molecule has 0 aliphatic rings. The van der Waals surface area contributed by atoms with Gasteiger partial charge in [0, 0.05) is 4.47 Å². The molecular weight excluding hydrogens is 355 g/mol. The predicted octanol–water partition coefficient (Wildman–Crippen LogP) is 3.90. The van der Waals surface area contributed by atoms with Gasteiger partial charge in [0.05, 0.1) is 0 Å². The third-order valence-electron chi connectivity index (χ3n) is 2.20. The van der Waals surface area contributed by atoms with Crippen molar-refractivity contribution in [2.45, 2.75) is 6.61 Å². The average molecular weight is 362 g/mol. The number of halogens is 3. The SMILES string of the molecule is O=C(OCc1cccc(Br)c1)c1cc(Cl)nnc1Cl. The summed E-state index contributed by atoms with van der Waals surface area (Å²) in [6.45, 7) is 0.133. The first kappa shape index (κ1) is 14.2. The Hall–Kier alpha value is -1.17. The molecule has 2 aromatic rings. The molecule has 98 valence electrons. The zero-order valence-corrected chi connectivity index (χ0v) is 12.5. The lowest BCUT2D eigenvalue weighted by molar-refractivity contribution is 0.0472. The molecule has 2 rings (SSSR count). The molecule has 0 atom stereocenters. The van der Waals surface area contributed by atoms with Gasteiger partial charge in [-0.1, -0.05) is 51.3 Å². The number of hydrogen-bond acceptors (Lipinski definition) is 4. The molecule has 0 fully saturated rings. The lowest BCUT2D eigenvalue weighted by atomic mass is 10.2. The highest BCUT2D eigenvalue weighted by atomic mass is 79.9. The van der Waals surface area contributed by atoms with Crippen molar-refractivity contribution in [2.24, 2.45) is 0 Å². The van der Waals surface area contributed by atoms with Crippen LogP contribution in [0.15, 0.2) is 34.8 Å². The van der Waals surface area contributed by atoms with Crippen molar-refractivity contribution >= 4 is 45.1 Å². The summed E-state index contributed by atoms with van der Waals surface area (Å²) in [5, 5.41) is 7.11. The van der Waals surface area contributed by atoms with Crippen LogP contribution in [0, 0.1) is 0 Å². The monoisotopic (exact) mass is 360 g/mol. The molecule has 0 aliphatic heterocycles. The van der Waals surface area contributed by atoms with Gasteiger partial charge in [0.1, 0.15) is 12.2 Å². The number of benzene rings is 1. The van der Waals surface area contributed by atoms with E-state index >= 15 is 0 Å². The summed E-state index contributed by atoms with van der Waals surface area (Å²) < 4.78 is 6.04. The molecule has 0 aliphatic carbocycles. The van der Waals surface area contributed by atoms with Crippen LogP contribution in [0.4, 0.5) is 0 Å². The van der Waals surface area contributed by atoms with Crippen molar-refractivity contribution < 1.29 is 9.53 Å². The largest absolute Gasteiger partial charge is 0.457 e. The zero-order valence-electron chi connectivity index (χ0n) is 9.44. The molecule has 0 unspecified atom stereocenters. The number of carbonyl (C=O) groups is 1. The third kappa shape index (κ3) is 3.89. The van der Waals surface area contributed by atoms with E-state index < -0.39 is 5.97 Å². The van der Waals surface area contributed by atoms with Crippen molar-refractivity contribution in [3.05, 3.63) is 56.2 Å². The van der Waals surface area contributed by atoms with Gasteiger partial charge in [-0.15, -0.1) is 10.2 Å². The Balaban J connectivity index is 2.07. The summed E-state index contributed by atoms with van der Waals surface area (Å²) in [5.74, 6) is -0.596. The van der Waals surface area contributed by atoms with Gasteiger partial charge in [-0.25, -0.2) is 4.79 Å². The van der Waals surface area contributed by atoms with Gasteiger partial charge in [-0.2, -0.15) is 0 Å². The van der Waals surface area contributed by atoms with Crippen LogP contribution >= 0.6 is 39.1 Å². The first-order valence-corrected chi connectivity index (χ1v) is 6.71. The number of ether oxygens (including phenoxy) is 1. The van der Waals surface area contributed by atoms with Gasteiger partial charge in [0.15, 0.2) is 10.3 Å². The quantitative estimate of drug-likeness (QED) is 0.778. The third-order valence-corrected chi connectivity index (χ3v) is 3.16. The van der Waals surface area contributed by atoms with Crippen LogP contribution in [0.3, 0.4) is 0 Å². The Morgan fingerprint density at radius 2 is 2.05 bits per heavy atom. The van der Waals surface area contributed by atoms with E-state index in [1.807, 2.05) is 24.3 Å². The van der Waals surface area contributed by atoms with Gasteiger partial charge in [0.2, 0.25) is 0 Å². The van der Waals surface area contributed by atoms with Gasteiger partial charge >= 0.3 is 5.97 Å². The fourth-order valence-corrected chi connectivity index (χ4v) is 2.11. The summed E-state index contributed by atoms with van der Waals surface area (Å²) in [4.78, 5) is 11.8. The molecule has 0 amide bonds. The van der Waals surface area contributed by atoms with Gasteiger partial charge in [0.25, 0.3) is 0 Å². The van der Waals surface area contributed by atoms with Crippen molar-refractivity contribution in [3.63, 3.8) is 0 Å². The molecular formula is C12H7BrCl2N2O2. The van der Waals surface area contributed by atoms with E-state index in [1.165, 1.54) is 6.07 Å². The van der Waals surface area contributed by atoms with Crippen LogP contribution < -0.4 is 0 Å². The molecule has 0 bridgehead atoms. The van der Waals surface area contributed by atoms with E-state index in [2.05, 4.69) is 26.1 Å². The second-order valence-electron chi connectivity index (χ2n) is 3.58.